The van der Waals surface area contributed by atoms with E-state index >= 15 is 0 Å². The number of imidazole rings is 1. The van der Waals surface area contributed by atoms with Gasteiger partial charge in [-0.1, -0.05) is 0 Å². The second-order valence-electron chi connectivity index (χ2n) is 7.60. The molecule has 2 aliphatic rings. The molecule has 0 radical (unpaired) electrons. The number of amides is 2. The number of hydrogen-bond donors (Lipinski definition) is 0. The lowest BCUT2D eigenvalue weighted by molar-refractivity contribution is -0.147. The maximum atomic E-state index is 12.8. The van der Waals surface area contributed by atoms with Crippen LogP contribution in [0.1, 0.15) is 25.1 Å². The lowest BCUT2D eigenvalue weighted by Gasteiger charge is -2.35. The summed E-state index contributed by atoms with van der Waals surface area (Å²) >= 11 is 0. The number of aryl methyl sites for hydroxylation is 1. The van der Waals surface area contributed by atoms with E-state index in [-0.39, 0.29) is 24.1 Å². The number of carbonyl (C=O) groups is 2. The molecule has 0 bridgehead atoms. The van der Waals surface area contributed by atoms with Crippen LogP contribution in [0.2, 0.25) is 0 Å². The molecule has 2 amide bonds. The third kappa shape index (κ3) is 4.74. The van der Waals surface area contributed by atoms with Crippen LogP contribution in [0.15, 0.2) is 24.8 Å². The fraction of sp³-hybridized carbons (Fsp3) is 0.526. The minimum Gasteiger partial charge on any atom is -0.354 e. The van der Waals surface area contributed by atoms with E-state index in [1.54, 1.807) is 23.3 Å². The Morgan fingerprint density at radius 2 is 1.68 bits per heavy atom. The minimum atomic E-state index is -3.57. The van der Waals surface area contributed by atoms with Gasteiger partial charge in [0, 0.05) is 64.0 Å². The number of nitrogens with zero attached hydrogens (tertiary/aromatic N) is 7. The number of imide groups is 1. The molecule has 2 fully saturated rings. The van der Waals surface area contributed by atoms with Crippen molar-refractivity contribution >= 4 is 27.7 Å². The molecule has 0 spiro atoms. The predicted octanol–water partition coefficient (Wildman–Crippen LogP) is -0.0384. The molecule has 12 heteroatoms. The van der Waals surface area contributed by atoms with Gasteiger partial charge < -0.3 is 4.90 Å². The van der Waals surface area contributed by atoms with Crippen LogP contribution in [-0.2, 0) is 19.6 Å². The number of piperidine rings is 1. The number of sulfonamides is 1. The summed E-state index contributed by atoms with van der Waals surface area (Å²) in [7, 11) is -3.57. The second kappa shape index (κ2) is 8.71. The van der Waals surface area contributed by atoms with E-state index in [4.69, 9.17) is 0 Å². The zero-order valence-electron chi connectivity index (χ0n) is 17.3. The van der Waals surface area contributed by atoms with E-state index in [2.05, 4.69) is 15.0 Å². The van der Waals surface area contributed by atoms with Crippen LogP contribution >= 0.6 is 0 Å². The van der Waals surface area contributed by atoms with E-state index in [9.17, 15) is 18.0 Å². The molecular formula is C19H25N7O4S. The quantitative estimate of drug-likeness (QED) is 0.566. The van der Waals surface area contributed by atoms with E-state index < -0.39 is 10.0 Å². The van der Waals surface area contributed by atoms with Crippen molar-refractivity contribution in [3.63, 3.8) is 0 Å². The zero-order chi connectivity index (χ0) is 22.0. The van der Waals surface area contributed by atoms with Crippen molar-refractivity contribution in [1.82, 2.24) is 28.7 Å². The van der Waals surface area contributed by atoms with Gasteiger partial charge in [0.15, 0.2) is 0 Å². The molecule has 2 aromatic heterocycles. The van der Waals surface area contributed by atoms with Gasteiger partial charge in [0.25, 0.3) is 0 Å². The highest BCUT2D eigenvalue weighted by Crippen LogP contribution is 2.19. The molecule has 4 heterocycles. The smallest absolute Gasteiger partial charge is 0.229 e. The Hall–Kier alpha value is -2.86. The van der Waals surface area contributed by atoms with Gasteiger partial charge in [-0.3, -0.25) is 19.1 Å². The first kappa shape index (κ1) is 21.4. The Morgan fingerprint density at radius 3 is 2.32 bits per heavy atom. The van der Waals surface area contributed by atoms with E-state index in [1.807, 2.05) is 17.9 Å². The average Bonchev–Trinajstić information content (AvgIpc) is 3.28. The van der Waals surface area contributed by atoms with Crippen molar-refractivity contribution in [1.29, 1.82) is 0 Å². The SMILES string of the molecule is Cc1nc(N2CCN(S(=O)(=O)CCN3C(=O)CCCC3=O)CC2)cc(-n2ccnc2)n1. The molecular weight excluding hydrogens is 422 g/mol. The number of rotatable bonds is 6. The molecule has 11 nitrogen and oxygen atoms in total. The normalized spacial score (nSPS) is 18.6. The van der Waals surface area contributed by atoms with Gasteiger partial charge in [0.05, 0.1) is 5.75 Å². The largest absolute Gasteiger partial charge is 0.354 e. The zero-order valence-corrected chi connectivity index (χ0v) is 18.2. The first-order chi connectivity index (χ1) is 14.8. The van der Waals surface area contributed by atoms with Crippen LogP contribution in [0.5, 0.6) is 0 Å². The van der Waals surface area contributed by atoms with E-state index in [0.29, 0.717) is 57.1 Å². The van der Waals surface area contributed by atoms with Gasteiger partial charge in [-0.25, -0.2) is 23.4 Å². The summed E-state index contributed by atoms with van der Waals surface area (Å²) in [6.07, 6.45) is 6.26. The lowest BCUT2D eigenvalue weighted by atomic mass is 10.1. The molecule has 0 unspecified atom stereocenters. The summed E-state index contributed by atoms with van der Waals surface area (Å²) in [5, 5.41) is 0. The first-order valence-electron chi connectivity index (χ1n) is 10.2. The summed E-state index contributed by atoms with van der Waals surface area (Å²) in [5.74, 6) is 1.23. The molecule has 2 aromatic rings. The average molecular weight is 448 g/mol. The molecule has 0 atom stereocenters. The van der Waals surface area contributed by atoms with Gasteiger partial charge in [-0.05, 0) is 13.3 Å². The summed E-state index contributed by atoms with van der Waals surface area (Å²) in [6, 6.07) is 1.85. The van der Waals surface area contributed by atoms with Crippen molar-refractivity contribution in [2.45, 2.75) is 26.2 Å². The first-order valence-corrected chi connectivity index (χ1v) is 11.8. The maximum absolute atomic E-state index is 12.8. The Balaban J connectivity index is 1.38. The number of carbonyl (C=O) groups excluding carboxylic acids is 2. The van der Waals surface area contributed by atoms with Crippen LogP contribution in [0.4, 0.5) is 5.82 Å². The van der Waals surface area contributed by atoms with E-state index in [0.717, 1.165) is 10.7 Å². The number of aromatic nitrogens is 4. The summed E-state index contributed by atoms with van der Waals surface area (Å²) < 4.78 is 28.8. The highest BCUT2D eigenvalue weighted by Gasteiger charge is 2.31. The predicted molar refractivity (Wildman–Crippen MR) is 112 cm³/mol. The van der Waals surface area contributed by atoms with Crippen LogP contribution in [0, 0.1) is 6.92 Å². The third-order valence-corrected chi connectivity index (χ3v) is 7.34. The minimum absolute atomic E-state index is 0.0837. The Kier molecular flexibility index (Phi) is 6.01. The fourth-order valence-corrected chi connectivity index (χ4v) is 5.20. The van der Waals surface area contributed by atoms with Gasteiger partial charge in [-0.15, -0.1) is 0 Å². The molecule has 4 rings (SSSR count). The Labute approximate surface area is 180 Å². The Bertz CT molecular complexity index is 1050. The molecule has 0 N–H and O–H groups in total. The van der Waals surface area contributed by atoms with Crippen LogP contribution in [0.25, 0.3) is 5.82 Å². The van der Waals surface area contributed by atoms with Gasteiger partial charge >= 0.3 is 0 Å². The van der Waals surface area contributed by atoms with Crippen molar-refractivity contribution in [3.05, 3.63) is 30.6 Å². The number of hydrogen-bond acceptors (Lipinski definition) is 8. The van der Waals surface area contributed by atoms with Crippen molar-refractivity contribution in [2.24, 2.45) is 0 Å². The van der Waals surface area contributed by atoms with Crippen molar-refractivity contribution < 1.29 is 18.0 Å². The maximum Gasteiger partial charge on any atom is 0.229 e. The van der Waals surface area contributed by atoms with Gasteiger partial charge in [-0.2, -0.15) is 4.31 Å². The van der Waals surface area contributed by atoms with Crippen LogP contribution < -0.4 is 4.90 Å². The van der Waals surface area contributed by atoms with Gasteiger partial charge in [0.2, 0.25) is 21.8 Å². The van der Waals surface area contributed by atoms with Crippen LogP contribution in [-0.4, -0.2) is 87.4 Å². The molecule has 0 saturated carbocycles. The van der Waals surface area contributed by atoms with Crippen molar-refractivity contribution in [3.8, 4) is 5.82 Å². The summed E-state index contributed by atoms with van der Waals surface area (Å²) in [5.41, 5.74) is 0. The highest BCUT2D eigenvalue weighted by atomic mass is 32.2. The molecule has 2 aliphatic heterocycles. The summed E-state index contributed by atoms with van der Waals surface area (Å²) in [4.78, 5) is 39.9. The third-order valence-electron chi connectivity index (χ3n) is 5.49. The molecule has 31 heavy (non-hydrogen) atoms. The van der Waals surface area contributed by atoms with Crippen LogP contribution in [0.3, 0.4) is 0 Å². The molecule has 0 aromatic carbocycles. The standard InChI is InChI=1S/C19H25N7O4S/c1-15-21-16(13-17(22-15)24-6-5-20-14-24)23-7-9-25(10-8-23)31(29,30)12-11-26-18(27)3-2-4-19(26)28/h5-6,13-14H,2-4,7-12H2,1H3. The van der Waals surface area contributed by atoms with Crippen molar-refractivity contribution in [2.75, 3.05) is 43.4 Å². The molecule has 0 aliphatic carbocycles. The molecule has 2 saturated heterocycles. The monoisotopic (exact) mass is 447 g/mol. The molecule has 166 valence electrons. The topological polar surface area (TPSA) is 122 Å². The van der Waals surface area contributed by atoms with E-state index in [1.165, 1.54) is 4.31 Å². The number of anilines is 1. The summed E-state index contributed by atoms with van der Waals surface area (Å²) in [6.45, 7) is 3.33. The Morgan fingerprint density at radius 1 is 1.00 bits per heavy atom. The lowest BCUT2D eigenvalue weighted by Crippen LogP contribution is -2.51. The highest BCUT2D eigenvalue weighted by molar-refractivity contribution is 7.89. The van der Waals surface area contributed by atoms with Gasteiger partial charge in [0.1, 0.15) is 23.8 Å². The second-order valence-corrected chi connectivity index (χ2v) is 9.68. The number of piperazine rings is 1. The fourth-order valence-electron chi connectivity index (χ4n) is 3.81. The number of likely N-dealkylation sites (tertiary alicyclic amines) is 1.